The Hall–Kier alpha value is -3.50. The number of fused-ring (bicyclic) bond motifs is 1. The molecule has 2 aromatic heterocycles. The quantitative estimate of drug-likeness (QED) is 0.398. The molecule has 0 fully saturated rings. The maximum atomic E-state index is 13.1. The van der Waals surface area contributed by atoms with Crippen molar-refractivity contribution in [3.63, 3.8) is 0 Å². The van der Waals surface area contributed by atoms with Crippen LogP contribution in [-0.2, 0) is 16.6 Å². The molecule has 0 aliphatic carbocycles. The molecule has 0 unspecified atom stereocenters. The maximum Gasteiger partial charge on any atom is 0.263 e. The maximum absolute atomic E-state index is 13.1. The summed E-state index contributed by atoms with van der Waals surface area (Å²) in [6.45, 7) is 1.75. The number of imidazole rings is 1. The van der Waals surface area contributed by atoms with Crippen molar-refractivity contribution in [2.24, 2.45) is 0 Å². The van der Waals surface area contributed by atoms with E-state index in [4.69, 9.17) is 25.8 Å². The van der Waals surface area contributed by atoms with Gasteiger partial charge in [-0.3, -0.25) is 9.12 Å². The van der Waals surface area contributed by atoms with Crippen molar-refractivity contribution in [1.29, 1.82) is 0 Å². The van der Waals surface area contributed by atoms with Gasteiger partial charge in [0.05, 0.1) is 25.3 Å². The highest BCUT2D eigenvalue weighted by molar-refractivity contribution is 7.92. The van der Waals surface area contributed by atoms with E-state index in [1.807, 2.05) is 6.07 Å². The Balaban J connectivity index is 1.69. The summed E-state index contributed by atoms with van der Waals surface area (Å²) in [4.78, 5) is 8.48. The van der Waals surface area contributed by atoms with Crippen molar-refractivity contribution in [3.8, 4) is 17.4 Å². The Kier molecular flexibility index (Phi) is 6.30. The SMILES string of the molecule is COc1ccc(COc2c(NS(=O)(=O)c3cccc(Cl)c3C)ncc3nccn23)cc1OC. The van der Waals surface area contributed by atoms with Gasteiger partial charge in [0, 0.05) is 17.4 Å². The van der Waals surface area contributed by atoms with Gasteiger partial charge in [0.25, 0.3) is 10.0 Å². The zero-order valence-corrected chi connectivity index (χ0v) is 19.6. The second kappa shape index (κ2) is 9.16. The number of nitrogens with zero attached hydrogens (tertiary/aromatic N) is 3. The Morgan fingerprint density at radius 2 is 1.88 bits per heavy atom. The largest absolute Gasteiger partial charge is 0.493 e. The summed E-state index contributed by atoms with van der Waals surface area (Å²) in [5.41, 5.74) is 1.71. The minimum absolute atomic E-state index is 0.0142. The third kappa shape index (κ3) is 4.53. The number of hydrogen-bond donors (Lipinski definition) is 1. The van der Waals surface area contributed by atoms with E-state index < -0.39 is 10.0 Å². The number of aromatic nitrogens is 3. The molecule has 0 bridgehead atoms. The second-order valence-electron chi connectivity index (χ2n) is 7.01. The number of methoxy groups -OCH3 is 2. The van der Waals surface area contributed by atoms with Gasteiger partial charge in [-0.1, -0.05) is 23.7 Å². The number of ether oxygens (including phenoxy) is 3. The molecule has 0 aliphatic rings. The standard InChI is InChI=1S/C22H21ClN4O5S/c1-14-16(23)5-4-6-19(14)33(28,29)26-21-22(27-10-9-24-20(27)12-25-21)32-13-15-7-8-17(30-2)18(11-15)31-3/h4-12,26H,13H2,1-3H3. The Bertz CT molecular complexity index is 1420. The van der Waals surface area contributed by atoms with Gasteiger partial charge in [-0.25, -0.2) is 18.4 Å². The number of rotatable bonds is 8. The van der Waals surface area contributed by atoms with Crippen LogP contribution in [-0.4, -0.2) is 37.0 Å². The number of hydrogen-bond acceptors (Lipinski definition) is 7. The Morgan fingerprint density at radius 1 is 1.09 bits per heavy atom. The lowest BCUT2D eigenvalue weighted by Crippen LogP contribution is -2.17. The number of sulfonamides is 1. The molecule has 1 N–H and O–H groups in total. The van der Waals surface area contributed by atoms with Crippen molar-refractivity contribution < 1.29 is 22.6 Å². The van der Waals surface area contributed by atoms with Gasteiger partial charge in [-0.15, -0.1) is 0 Å². The van der Waals surface area contributed by atoms with Crippen molar-refractivity contribution in [2.75, 3.05) is 18.9 Å². The monoisotopic (exact) mass is 488 g/mol. The summed E-state index contributed by atoms with van der Waals surface area (Å²) in [5.74, 6) is 1.34. The molecule has 9 nitrogen and oxygen atoms in total. The fourth-order valence-electron chi connectivity index (χ4n) is 3.26. The highest BCUT2D eigenvalue weighted by Crippen LogP contribution is 2.31. The van der Waals surface area contributed by atoms with E-state index in [1.54, 1.807) is 62.2 Å². The van der Waals surface area contributed by atoms with Gasteiger partial charge in [0.2, 0.25) is 11.7 Å². The topological polar surface area (TPSA) is 104 Å². The lowest BCUT2D eigenvalue weighted by atomic mass is 10.2. The molecule has 0 aliphatic heterocycles. The molecule has 2 heterocycles. The third-order valence-corrected chi connectivity index (χ3v) is 6.85. The summed E-state index contributed by atoms with van der Waals surface area (Å²) in [7, 11) is -0.891. The van der Waals surface area contributed by atoms with Gasteiger partial charge in [0.1, 0.15) is 6.61 Å². The van der Waals surface area contributed by atoms with E-state index in [0.29, 0.717) is 27.7 Å². The van der Waals surface area contributed by atoms with Crippen LogP contribution in [0.25, 0.3) is 5.65 Å². The normalized spacial score (nSPS) is 11.4. The molecule has 4 rings (SSSR count). The average molecular weight is 489 g/mol. The van der Waals surface area contributed by atoms with Crippen molar-refractivity contribution in [3.05, 3.63) is 71.1 Å². The first-order chi connectivity index (χ1) is 15.8. The number of nitrogens with one attached hydrogen (secondary N) is 1. The summed E-state index contributed by atoms with van der Waals surface area (Å²) in [6, 6.07) is 10.0. The van der Waals surface area contributed by atoms with E-state index in [2.05, 4.69) is 14.7 Å². The van der Waals surface area contributed by atoms with E-state index >= 15 is 0 Å². The number of anilines is 1. The second-order valence-corrected chi connectivity index (χ2v) is 9.07. The molecule has 0 spiro atoms. The van der Waals surface area contributed by atoms with Gasteiger partial charge >= 0.3 is 0 Å². The van der Waals surface area contributed by atoms with Gasteiger partial charge in [-0.2, -0.15) is 0 Å². The van der Waals surface area contributed by atoms with E-state index in [1.165, 1.54) is 12.3 Å². The predicted molar refractivity (Wildman–Crippen MR) is 124 cm³/mol. The number of halogens is 1. The summed E-state index contributed by atoms with van der Waals surface area (Å²) < 4.78 is 47.0. The fraction of sp³-hybridized carbons (Fsp3) is 0.182. The van der Waals surface area contributed by atoms with Crippen molar-refractivity contribution in [1.82, 2.24) is 14.4 Å². The van der Waals surface area contributed by atoms with E-state index in [-0.39, 0.29) is 23.2 Å². The number of benzene rings is 2. The van der Waals surface area contributed by atoms with Crippen LogP contribution < -0.4 is 18.9 Å². The van der Waals surface area contributed by atoms with Crippen LogP contribution in [0.1, 0.15) is 11.1 Å². The lowest BCUT2D eigenvalue weighted by Gasteiger charge is -2.16. The van der Waals surface area contributed by atoms with E-state index in [9.17, 15) is 8.42 Å². The van der Waals surface area contributed by atoms with Crippen LogP contribution in [0, 0.1) is 6.92 Å². The van der Waals surface area contributed by atoms with Crippen LogP contribution >= 0.6 is 11.6 Å². The molecule has 11 heteroatoms. The Morgan fingerprint density at radius 3 is 2.64 bits per heavy atom. The lowest BCUT2D eigenvalue weighted by molar-refractivity contribution is 0.289. The van der Waals surface area contributed by atoms with Crippen molar-refractivity contribution >= 4 is 33.1 Å². The zero-order chi connectivity index (χ0) is 23.6. The van der Waals surface area contributed by atoms with Crippen LogP contribution in [0.5, 0.6) is 17.4 Å². The molecule has 2 aromatic carbocycles. The van der Waals surface area contributed by atoms with E-state index in [0.717, 1.165) is 5.56 Å². The van der Waals surface area contributed by atoms with Crippen LogP contribution in [0.3, 0.4) is 0 Å². The molecule has 0 radical (unpaired) electrons. The van der Waals surface area contributed by atoms with Gasteiger partial charge < -0.3 is 14.2 Å². The molecule has 172 valence electrons. The predicted octanol–water partition coefficient (Wildman–Crippen LogP) is 4.09. The molecule has 0 atom stereocenters. The average Bonchev–Trinajstić information content (AvgIpc) is 3.28. The van der Waals surface area contributed by atoms with Crippen molar-refractivity contribution in [2.45, 2.75) is 18.4 Å². The molecule has 33 heavy (non-hydrogen) atoms. The molecular formula is C22H21ClN4O5S. The third-order valence-electron chi connectivity index (χ3n) is 4.96. The van der Waals surface area contributed by atoms with Gasteiger partial charge in [0.15, 0.2) is 17.1 Å². The van der Waals surface area contributed by atoms with Crippen LogP contribution in [0.2, 0.25) is 5.02 Å². The summed E-state index contributed by atoms with van der Waals surface area (Å²) in [6.07, 6.45) is 4.68. The first kappa shape index (κ1) is 22.7. The molecule has 0 saturated carbocycles. The Labute approximate surface area is 196 Å². The first-order valence-electron chi connectivity index (χ1n) is 9.77. The minimum atomic E-state index is -3.99. The highest BCUT2D eigenvalue weighted by atomic mass is 35.5. The van der Waals surface area contributed by atoms with Gasteiger partial charge in [-0.05, 0) is 42.3 Å². The van der Waals surface area contributed by atoms with Crippen LogP contribution in [0.4, 0.5) is 5.82 Å². The zero-order valence-electron chi connectivity index (χ0n) is 18.1. The highest BCUT2D eigenvalue weighted by Gasteiger charge is 2.22. The fourth-order valence-corrected chi connectivity index (χ4v) is 4.77. The summed E-state index contributed by atoms with van der Waals surface area (Å²) in [5, 5.41) is 0.348. The molecular weight excluding hydrogens is 468 g/mol. The molecule has 0 saturated heterocycles. The molecule has 4 aromatic rings. The minimum Gasteiger partial charge on any atom is -0.493 e. The molecule has 0 amide bonds. The summed E-state index contributed by atoms with van der Waals surface area (Å²) >= 11 is 6.12. The smallest absolute Gasteiger partial charge is 0.263 e. The van der Waals surface area contributed by atoms with Crippen LogP contribution in [0.15, 0.2) is 59.9 Å². The first-order valence-corrected chi connectivity index (χ1v) is 11.6.